The van der Waals surface area contributed by atoms with Crippen molar-refractivity contribution in [3.63, 3.8) is 0 Å². The molecule has 2 aliphatic heterocycles. The third kappa shape index (κ3) is 4.48. The Kier molecular flexibility index (Phi) is 6.74. The highest BCUT2D eigenvalue weighted by Crippen LogP contribution is 2.37. The molecule has 214 valence electrons. The highest BCUT2D eigenvalue weighted by Gasteiger charge is 2.43. The number of hydrogen-bond acceptors (Lipinski definition) is 7. The Morgan fingerprint density at radius 2 is 1.55 bits per heavy atom. The van der Waals surface area contributed by atoms with Gasteiger partial charge in [-0.2, -0.15) is 4.31 Å². The molecule has 0 bridgehead atoms. The molecule has 11 nitrogen and oxygen atoms in total. The quantitative estimate of drug-likeness (QED) is 0.175. The van der Waals surface area contributed by atoms with E-state index in [1.165, 1.54) is 22.0 Å². The van der Waals surface area contributed by atoms with Crippen LogP contribution in [0.4, 0.5) is 5.69 Å². The van der Waals surface area contributed by atoms with E-state index in [1.54, 1.807) is 30.5 Å². The summed E-state index contributed by atoms with van der Waals surface area (Å²) >= 11 is 0. The number of fused-ring (bicyclic) bond motifs is 2. The van der Waals surface area contributed by atoms with E-state index in [4.69, 9.17) is 0 Å². The Morgan fingerprint density at radius 1 is 0.929 bits per heavy atom. The van der Waals surface area contributed by atoms with Crippen molar-refractivity contribution in [3.05, 3.63) is 111 Å². The SMILES string of the molecule is CC(C)c1ccc(-c2ncc3n2CCN(S(=O)(=O)c2ccc([N+](=O)[O-])cc2)C3CN2C(=O)c3ccccc3C2=O)cc1. The number of benzene rings is 3. The van der Waals surface area contributed by atoms with E-state index in [2.05, 4.69) is 18.8 Å². The van der Waals surface area contributed by atoms with Crippen molar-refractivity contribution in [2.75, 3.05) is 13.1 Å². The molecule has 2 aliphatic rings. The van der Waals surface area contributed by atoms with E-state index in [-0.39, 0.29) is 41.3 Å². The van der Waals surface area contributed by atoms with Crippen LogP contribution in [0.15, 0.2) is 83.9 Å². The van der Waals surface area contributed by atoms with Crippen molar-refractivity contribution >= 4 is 27.5 Å². The number of aromatic nitrogens is 2. The zero-order chi connectivity index (χ0) is 29.8. The van der Waals surface area contributed by atoms with Crippen LogP contribution in [0, 0.1) is 10.1 Å². The Morgan fingerprint density at radius 3 is 2.12 bits per heavy atom. The molecule has 1 atom stereocenters. The van der Waals surface area contributed by atoms with Gasteiger partial charge in [-0.15, -0.1) is 0 Å². The summed E-state index contributed by atoms with van der Waals surface area (Å²) < 4.78 is 31.1. The Hall–Kier alpha value is -4.68. The molecule has 1 unspecified atom stereocenters. The lowest BCUT2D eigenvalue weighted by Crippen LogP contribution is -2.47. The van der Waals surface area contributed by atoms with Crippen LogP contribution in [-0.2, 0) is 16.6 Å². The van der Waals surface area contributed by atoms with Crippen LogP contribution in [0.3, 0.4) is 0 Å². The number of sulfonamides is 1. The van der Waals surface area contributed by atoms with Gasteiger partial charge in [-0.25, -0.2) is 13.4 Å². The van der Waals surface area contributed by atoms with E-state index < -0.39 is 32.8 Å². The van der Waals surface area contributed by atoms with Gasteiger partial charge < -0.3 is 4.57 Å². The molecular weight excluding hydrogens is 558 g/mol. The van der Waals surface area contributed by atoms with Crippen LogP contribution < -0.4 is 0 Å². The predicted octanol–water partition coefficient (Wildman–Crippen LogP) is 4.62. The van der Waals surface area contributed by atoms with Crippen LogP contribution in [0.1, 0.15) is 57.8 Å². The number of carbonyl (C=O) groups excluding carboxylic acids is 2. The standard InChI is InChI=1S/C30H27N5O6S/c1-19(2)20-7-9-21(10-8-20)28-31-17-26-27(18-33-29(36)24-5-3-4-6-25(24)30(33)37)34(16-15-32(26)28)42(40,41)23-13-11-22(12-14-23)35(38)39/h3-14,17,19,27H,15-16,18H2,1-2H3. The molecule has 1 aromatic heterocycles. The zero-order valence-electron chi connectivity index (χ0n) is 22.9. The van der Waals surface area contributed by atoms with Crippen molar-refractivity contribution in [1.82, 2.24) is 18.8 Å². The molecule has 0 spiro atoms. The summed E-state index contributed by atoms with van der Waals surface area (Å²) in [5.74, 6) is 0.0179. The molecule has 4 aromatic rings. The largest absolute Gasteiger partial charge is 0.325 e. The van der Waals surface area contributed by atoms with E-state index in [1.807, 2.05) is 28.8 Å². The molecule has 0 aliphatic carbocycles. The van der Waals surface area contributed by atoms with Crippen molar-refractivity contribution in [3.8, 4) is 11.4 Å². The number of amides is 2. The first-order valence-electron chi connectivity index (χ1n) is 13.4. The Labute approximate surface area is 242 Å². The van der Waals surface area contributed by atoms with Gasteiger partial charge in [0.1, 0.15) is 5.82 Å². The van der Waals surface area contributed by atoms with Gasteiger partial charge >= 0.3 is 0 Å². The van der Waals surface area contributed by atoms with Gasteiger partial charge in [0, 0.05) is 30.8 Å². The summed E-state index contributed by atoms with van der Waals surface area (Å²) in [6, 6.07) is 18.2. The third-order valence-corrected chi connectivity index (χ3v) is 9.77. The highest BCUT2D eigenvalue weighted by molar-refractivity contribution is 7.89. The number of rotatable bonds is 7. The summed E-state index contributed by atoms with van der Waals surface area (Å²) in [6.07, 6.45) is 1.59. The van der Waals surface area contributed by atoms with Gasteiger partial charge in [0.05, 0.1) is 45.4 Å². The normalized spacial score (nSPS) is 17.0. The summed E-state index contributed by atoms with van der Waals surface area (Å²) in [7, 11) is -4.19. The Balaban J connectivity index is 1.42. The molecule has 0 fully saturated rings. The van der Waals surface area contributed by atoms with Gasteiger partial charge in [-0.3, -0.25) is 24.6 Å². The first-order chi connectivity index (χ1) is 20.1. The molecule has 12 heteroatoms. The summed E-state index contributed by atoms with van der Waals surface area (Å²) in [5.41, 5.74) is 2.86. The fraction of sp³-hybridized carbons (Fsp3) is 0.233. The van der Waals surface area contributed by atoms with Crippen LogP contribution in [-0.4, -0.2) is 57.0 Å². The maximum atomic E-state index is 14.0. The molecule has 0 N–H and O–H groups in total. The summed E-state index contributed by atoms with van der Waals surface area (Å²) in [4.78, 5) is 42.7. The lowest BCUT2D eigenvalue weighted by Gasteiger charge is -2.37. The summed E-state index contributed by atoms with van der Waals surface area (Å²) in [6.45, 7) is 4.30. The second-order valence-electron chi connectivity index (χ2n) is 10.6. The molecule has 3 heterocycles. The molecule has 0 saturated carbocycles. The highest BCUT2D eigenvalue weighted by atomic mass is 32.2. The van der Waals surface area contributed by atoms with E-state index >= 15 is 0 Å². The molecule has 3 aromatic carbocycles. The fourth-order valence-electron chi connectivity index (χ4n) is 5.56. The average molecular weight is 586 g/mol. The van der Waals surface area contributed by atoms with Crippen LogP contribution in [0.5, 0.6) is 0 Å². The number of non-ortho nitro benzene ring substituents is 1. The monoisotopic (exact) mass is 585 g/mol. The number of carbonyl (C=O) groups is 2. The van der Waals surface area contributed by atoms with E-state index in [0.29, 0.717) is 17.4 Å². The number of hydrogen-bond donors (Lipinski definition) is 0. The maximum Gasteiger partial charge on any atom is 0.269 e. The zero-order valence-corrected chi connectivity index (χ0v) is 23.7. The minimum atomic E-state index is -4.19. The minimum Gasteiger partial charge on any atom is -0.325 e. The average Bonchev–Trinajstić information content (AvgIpc) is 3.53. The molecule has 2 amide bonds. The van der Waals surface area contributed by atoms with E-state index in [0.717, 1.165) is 22.6 Å². The van der Waals surface area contributed by atoms with Crippen molar-refractivity contribution < 1.29 is 22.9 Å². The van der Waals surface area contributed by atoms with Crippen molar-refractivity contribution in [1.29, 1.82) is 0 Å². The lowest BCUT2D eigenvalue weighted by atomic mass is 10.0. The lowest BCUT2D eigenvalue weighted by molar-refractivity contribution is -0.384. The van der Waals surface area contributed by atoms with Gasteiger partial charge in [0.25, 0.3) is 17.5 Å². The van der Waals surface area contributed by atoms with Gasteiger partial charge in [0.2, 0.25) is 10.0 Å². The van der Waals surface area contributed by atoms with Gasteiger partial charge in [0.15, 0.2) is 0 Å². The molecule has 42 heavy (non-hydrogen) atoms. The van der Waals surface area contributed by atoms with Crippen LogP contribution in [0.2, 0.25) is 0 Å². The van der Waals surface area contributed by atoms with Crippen LogP contribution >= 0.6 is 0 Å². The van der Waals surface area contributed by atoms with Gasteiger partial charge in [-0.1, -0.05) is 50.2 Å². The number of nitro benzene ring substituents is 1. The second kappa shape index (κ2) is 10.3. The molecular formula is C30H27N5O6S. The first kappa shape index (κ1) is 27.5. The maximum absolute atomic E-state index is 14.0. The smallest absolute Gasteiger partial charge is 0.269 e. The number of imidazole rings is 1. The van der Waals surface area contributed by atoms with Crippen molar-refractivity contribution in [2.45, 2.75) is 37.2 Å². The minimum absolute atomic E-state index is 0.0353. The topological polar surface area (TPSA) is 136 Å². The second-order valence-corrected chi connectivity index (χ2v) is 12.5. The molecule has 0 radical (unpaired) electrons. The predicted molar refractivity (Wildman–Crippen MR) is 153 cm³/mol. The molecule has 0 saturated heterocycles. The Bertz CT molecular complexity index is 1800. The first-order valence-corrected chi connectivity index (χ1v) is 14.9. The number of nitrogens with zero attached hydrogens (tertiary/aromatic N) is 5. The van der Waals surface area contributed by atoms with E-state index in [9.17, 15) is 28.1 Å². The summed E-state index contributed by atoms with van der Waals surface area (Å²) in [5, 5.41) is 11.1. The van der Waals surface area contributed by atoms with Crippen LogP contribution in [0.25, 0.3) is 11.4 Å². The molecule has 6 rings (SSSR count). The number of nitro groups is 1. The fourth-order valence-corrected chi connectivity index (χ4v) is 7.15. The third-order valence-electron chi connectivity index (χ3n) is 7.84. The van der Waals surface area contributed by atoms with Crippen molar-refractivity contribution in [2.24, 2.45) is 0 Å². The number of imide groups is 1. The van der Waals surface area contributed by atoms with Gasteiger partial charge in [-0.05, 0) is 35.7 Å².